The van der Waals surface area contributed by atoms with Crippen molar-refractivity contribution in [1.82, 2.24) is 9.55 Å². The van der Waals surface area contributed by atoms with Crippen LogP contribution in [0.5, 0.6) is 0 Å². The molecule has 0 aliphatic heterocycles. The van der Waals surface area contributed by atoms with Gasteiger partial charge in [-0.2, -0.15) is 4.98 Å². The van der Waals surface area contributed by atoms with Crippen LogP contribution in [0.4, 0.5) is 5.82 Å². The molecular weight excluding hydrogens is 209 g/mol. The Balaban J connectivity index is 2.55. The molecule has 1 aromatic heterocycles. The molecule has 0 saturated carbocycles. The molecule has 0 bridgehead atoms. The van der Waals surface area contributed by atoms with Gasteiger partial charge in [-0.15, -0.1) is 9.24 Å². The number of benzene rings is 1. The van der Waals surface area contributed by atoms with Gasteiger partial charge in [0.1, 0.15) is 5.82 Å². The van der Waals surface area contributed by atoms with Crippen molar-refractivity contribution >= 4 is 20.4 Å². The summed E-state index contributed by atoms with van der Waals surface area (Å²) in [6, 6.07) is 9.10. The molecule has 4 nitrogen and oxygen atoms in total. The van der Waals surface area contributed by atoms with Crippen molar-refractivity contribution in [2.75, 3.05) is 5.73 Å². The van der Waals surface area contributed by atoms with Gasteiger partial charge in [-0.3, -0.25) is 4.57 Å². The number of aromatic nitrogens is 2. The van der Waals surface area contributed by atoms with E-state index in [1.54, 1.807) is 12.3 Å². The first-order chi connectivity index (χ1) is 7.16. The zero-order valence-electron chi connectivity index (χ0n) is 7.92. The molecule has 0 spiro atoms. The third-order valence-electron chi connectivity index (χ3n) is 2.00. The molecule has 1 aromatic carbocycles. The van der Waals surface area contributed by atoms with Gasteiger partial charge in [0.05, 0.1) is 5.69 Å². The lowest BCUT2D eigenvalue weighted by atomic mass is 10.3. The molecule has 0 fully saturated rings. The van der Waals surface area contributed by atoms with Crippen LogP contribution in [0, 0.1) is 0 Å². The Morgan fingerprint density at radius 3 is 2.47 bits per heavy atom. The van der Waals surface area contributed by atoms with Crippen LogP contribution in [0.1, 0.15) is 0 Å². The van der Waals surface area contributed by atoms with Gasteiger partial charge in [0.25, 0.3) is 0 Å². The van der Waals surface area contributed by atoms with Crippen molar-refractivity contribution in [3.05, 3.63) is 47.0 Å². The lowest BCUT2D eigenvalue weighted by Gasteiger charge is -2.04. The van der Waals surface area contributed by atoms with Gasteiger partial charge in [-0.25, -0.2) is 4.79 Å². The first kappa shape index (κ1) is 9.87. The normalized spacial score (nSPS) is 10.2. The van der Waals surface area contributed by atoms with E-state index < -0.39 is 0 Å². The molecular formula is C10H10N3OP. The SMILES string of the molecule is Nc1ccn(-c2ccc(P)cc2)c(=O)n1. The molecule has 0 radical (unpaired) electrons. The fraction of sp³-hybridized carbons (Fsp3) is 0. The molecule has 0 saturated heterocycles. The average molecular weight is 219 g/mol. The molecule has 2 rings (SSSR count). The Morgan fingerprint density at radius 2 is 1.87 bits per heavy atom. The largest absolute Gasteiger partial charge is 0.383 e. The van der Waals surface area contributed by atoms with E-state index in [4.69, 9.17) is 5.73 Å². The summed E-state index contributed by atoms with van der Waals surface area (Å²) in [6.07, 6.45) is 1.61. The third-order valence-corrected chi connectivity index (χ3v) is 2.38. The van der Waals surface area contributed by atoms with Crippen molar-refractivity contribution in [2.24, 2.45) is 0 Å². The van der Waals surface area contributed by atoms with Crippen molar-refractivity contribution in [3.63, 3.8) is 0 Å². The Morgan fingerprint density at radius 1 is 1.20 bits per heavy atom. The topological polar surface area (TPSA) is 60.9 Å². The number of nitrogens with zero attached hydrogens (tertiary/aromatic N) is 2. The predicted octanol–water partition coefficient (Wildman–Crippen LogP) is 0.315. The van der Waals surface area contributed by atoms with Crippen LogP contribution in [0.2, 0.25) is 0 Å². The van der Waals surface area contributed by atoms with E-state index in [0.29, 0.717) is 0 Å². The lowest BCUT2D eigenvalue weighted by Crippen LogP contribution is -2.21. The minimum Gasteiger partial charge on any atom is -0.383 e. The summed E-state index contributed by atoms with van der Waals surface area (Å²) >= 11 is 0. The van der Waals surface area contributed by atoms with Gasteiger partial charge in [-0.05, 0) is 23.5 Å². The Bertz CT molecular complexity index is 533. The Kier molecular flexibility index (Phi) is 2.52. The van der Waals surface area contributed by atoms with Crippen LogP contribution in [0.15, 0.2) is 41.3 Å². The van der Waals surface area contributed by atoms with Crippen molar-refractivity contribution < 1.29 is 0 Å². The molecule has 76 valence electrons. The van der Waals surface area contributed by atoms with Crippen LogP contribution in [0.25, 0.3) is 5.69 Å². The summed E-state index contributed by atoms with van der Waals surface area (Å²) in [4.78, 5) is 15.1. The zero-order valence-corrected chi connectivity index (χ0v) is 9.08. The third kappa shape index (κ3) is 2.05. The highest BCUT2D eigenvalue weighted by molar-refractivity contribution is 7.27. The second-order valence-corrected chi connectivity index (χ2v) is 3.76. The minimum atomic E-state index is -0.369. The summed E-state index contributed by atoms with van der Waals surface area (Å²) < 4.78 is 1.44. The van der Waals surface area contributed by atoms with Gasteiger partial charge in [0.15, 0.2) is 0 Å². The van der Waals surface area contributed by atoms with Crippen LogP contribution in [0.3, 0.4) is 0 Å². The number of rotatable bonds is 1. The number of nitrogens with two attached hydrogens (primary N) is 1. The number of nitrogen functional groups attached to an aromatic ring is 1. The molecule has 5 heteroatoms. The average Bonchev–Trinajstić information content (AvgIpc) is 2.20. The summed E-state index contributed by atoms with van der Waals surface area (Å²) in [5.41, 5.74) is 5.81. The summed E-state index contributed by atoms with van der Waals surface area (Å²) in [7, 11) is 2.59. The van der Waals surface area contributed by atoms with Gasteiger partial charge in [-0.1, -0.05) is 12.1 Å². The predicted molar refractivity (Wildman–Crippen MR) is 63.6 cm³/mol. The maximum Gasteiger partial charge on any atom is 0.354 e. The Hall–Kier alpha value is -1.67. The molecule has 0 aliphatic carbocycles. The molecule has 2 N–H and O–H groups in total. The van der Waals surface area contributed by atoms with E-state index in [9.17, 15) is 4.79 Å². The van der Waals surface area contributed by atoms with E-state index in [0.717, 1.165) is 11.0 Å². The van der Waals surface area contributed by atoms with Crippen LogP contribution < -0.4 is 16.7 Å². The lowest BCUT2D eigenvalue weighted by molar-refractivity contribution is 0.920. The summed E-state index contributed by atoms with van der Waals surface area (Å²) in [6.45, 7) is 0. The number of hydrogen-bond acceptors (Lipinski definition) is 3. The second-order valence-electron chi connectivity index (χ2n) is 3.10. The maximum atomic E-state index is 11.5. The highest BCUT2D eigenvalue weighted by Gasteiger charge is 1.99. The van der Waals surface area contributed by atoms with Crippen LogP contribution in [-0.2, 0) is 0 Å². The number of hydrogen-bond donors (Lipinski definition) is 1. The van der Waals surface area contributed by atoms with E-state index in [-0.39, 0.29) is 11.5 Å². The molecule has 15 heavy (non-hydrogen) atoms. The highest BCUT2D eigenvalue weighted by atomic mass is 31.0. The quantitative estimate of drug-likeness (QED) is 0.702. The highest BCUT2D eigenvalue weighted by Crippen LogP contribution is 2.04. The molecule has 1 heterocycles. The van der Waals surface area contributed by atoms with Crippen molar-refractivity contribution in [3.8, 4) is 5.69 Å². The standard InChI is InChI=1S/C10H10N3OP/c11-9-5-6-13(10(14)12-9)7-1-3-8(15)4-2-7/h1-6H,15H2,(H2,11,12,14). The van der Waals surface area contributed by atoms with Crippen LogP contribution >= 0.6 is 9.24 Å². The molecule has 0 aliphatic rings. The van der Waals surface area contributed by atoms with Gasteiger partial charge >= 0.3 is 5.69 Å². The maximum absolute atomic E-state index is 11.5. The van der Waals surface area contributed by atoms with E-state index >= 15 is 0 Å². The molecule has 0 amide bonds. The summed E-state index contributed by atoms with van der Waals surface area (Å²) in [5.74, 6) is 0.235. The molecule has 1 unspecified atom stereocenters. The van der Waals surface area contributed by atoms with Gasteiger partial charge in [0, 0.05) is 6.20 Å². The van der Waals surface area contributed by atoms with Crippen LogP contribution in [-0.4, -0.2) is 9.55 Å². The monoisotopic (exact) mass is 219 g/mol. The second kappa shape index (κ2) is 3.83. The van der Waals surface area contributed by atoms with Gasteiger partial charge in [0.2, 0.25) is 0 Å². The Labute approximate surface area is 89.0 Å². The minimum absolute atomic E-state index is 0.235. The number of anilines is 1. The zero-order chi connectivity index (χ0) is 10.8. The molecule has 1 atom stereocenters. The van der Waals surface area contributed by atoms with E-state index in [1.807, 2.05) is 24.3 Å². The smallest absolute Gasteiger partial charge is 0.354 e. The van der Waals surface area contributed by atoms with Crippen molar-refractivity contribution in [2.45, 2.75) is 0 Å². The van der Waals surface area contributed by atoms with E-state index in [2.05, 4.69) is 14.2 Å². The fourth-order valence-electron chi connectivity index (χ4n) is 1.25. The fourth-order valence-corrected chi connectivity index (χ4v) is 1.44. The molecule has 2 aromatic rings. The first-order valence-corrected chi connectivity index (χ1v) is 4.95. The van der Waals surface area contributed by atoms with Gasteiger partial charge < -0.3 is 5.73 Å². The first-order valence-electron chi connectivity index (χ1n) is 4.38. The van der Waals surface area contributed by atoms with Crippen molar-refractivity contribution in [1.29, 1.82) is 0 Å². The summed E-state index contributed by atoms with van der Waals surface area (Å²) in [5, 5.41) is 1.07. The van der Waals surface area contributed by atoms with E-state index in [1.165, 1.54) is 4.57 Å².